The van der Waals surface area contributed by atoms with Crippen LogP contribution in [0.3, 0.4) is 0 Å². The highest BCUT2D eigenvalue weighted by atomic mass is 32.1. The van der Waals surface area contributed by atoms with Gasteiger partial charge >= 0.3 is 0 Å². The molecule has 0 aliphatic heterocycles. The van der Waals surface area contributed by atoms with Crippen molar-refractivity contribution in [2.45, 2.75) is 26.2 Å². The molecule has 1 rings (SSSR count). The van der Waals surface area contributed by atoms with Gasteiger partial charge in [0.1, 0.15) is 0 Å². The number of aryl methyl sites for hydroxylation is 1. The van der Waals surface area contributed by atoms with Crippen molar-refractivity contribution >= 4 is 17.3 Å². The van der Waals surface area contributed by atoms with E-state index in [2.05, 4.69) is 6.92 Å². The maximum absolute atomic E-state index is 10.5. The lowest BCUT2D eigenvalue weighted by atomic mass is 10.1. The third-order valence-corrected chi connectivity index (χ3v) is 2.67. The van der Waals surface area contributed by atoms with Gasteiger partial charge in [0.15, 0.2) is 0 Å². The van der Waals surface area contributed by atoms with Gasteiger partial charge in [0, 0.05) is 0 Å². The smallest absolute Gasteiger partial charge is 0.0818 e. The number of carbonyl (C=O) groups excluding carboxylic acids is 1. The molecule has 0 spiro atoms. The Morgan fingerprint density at radius 3 is 3.00 bits per heavy atom. The summed E-state index contributed by atoms with van der Waals surface area (Å²) < 4.78 is 0. The van der Waals surface area contributed by atoms with Crippen LogP contribution in [0.2, 0.25) is 0 Å². The lowest BCUT2D eigenvalue weighted by molar-refractivity contribution is -0.254. The van der Waals surface area contributed by atoms with E-state index in [0.717, 1.165) is 24.8 Å². The van der Waals surface area contributed by atoms with Gasteiger partial charge in [-0.15, -0.1) is 11.3 Å². The molecule has 0 atom stereocenters. The second kappa shape index (κ2) is 4.26. The van der Waals surface area contributed by atoms with Gasteiger partial charge in [-0.3, -0.25) is 0 Å². The van der Waals surface area contributed by atoms with Gasteiger partial charge in [-0.25, -0.2) is 0 Å². The van der Waals surface area contributed by atoms with Crippen LogP contribution in [-0.2, 0) is 6.42 Å². The summed E-state index contributed by atoms with van der Waals surface area (Å²) in [4.78, 5) is 10.9. The summed E-state index contributed by atoms with van der Waals surface area (Å²) in [5, 5.41) is 12.3. The number of carbonyl (C=O) groups is 1. The molecule has 12 heavy (non-hydrogen) atoms. The van der Waals surface area contributed by atoms with Crippen molar-refractivity contribution < 1.29 is 9.90 Å². The molecule has 0 aliphatic rings. The van der Waals surface area contributed by atoms with Gasteiger partial charge in [-0.1, -0.05) is 13.3 Å². The molecule has 3 heteroatoms. The molecule has 0 N–H and O–H groups in total. The molecular weight excluding hydrogens is 172 g/mol. The third-order valence-electron chi connectivity index (χ3n) is 1.73. The number of carboxylic acids is 1. The highest BCUT2D eigenvalue weighted by molar-refractivity contribution is 7.12. The fraction of sp³-hybridized carbons (Fsp3) is 0.444. The Hall–Kier alpha value is -0.830. The van der Waals surface area contributed by atoms with Crippen molar-refractivity contribution in [3.8, 4) is 0 Å². The SMILES string of the molecule is CCCCc1ccsc1C(=O)[O-]. The van der Waals surface area contributed by atoms with E-state index in [1.807, 2.05) is 6.07 Å². The van der Waals surface area contributed by atoms with Crippen LogP contribution in [-0.4, -0.2) is 5.97 Å². The fourth-order valence-corrected chi connectivity index (χ4v) is 1.86. The Labute approximate surface area is 75.9 Å². The van der Waals surface area contributed by atoms with Crippen LogP contribution in [0.1, 0.15) is 35.0 Å². The van der Waals surface area contributed by atoms with E-state index in [1.54, 1.807) is 5.38 Å². The Kier molecular flexibility index (Phi) is 3.29. The summed E-state index contributed by atoms with van der Waals surface area (Å²) >= 11 is 1.25. The van der Waals surface area contributed by atoms with Gasteiger partial charge in [-0.05, 0) is 29.9 Å². The van der Waals surface area contributed by atoms with Crippen molar-refractivity contribution in [2.24, 2.45) is 0 Å². The average molecular weight is 183 g/mol. The van der Waals surface area contributed by atoms with Crippen LogP contribution >= 0.6 is 11.3 Å². The third kappa shape index (κ3) is 2.08. The van der Waals surface area contributed by atoms with E-state index >= 15 is 0 Å². The zero-order valence-corrected chi connectivity index (χ0v) is 7.82. The van der Waals surface area contributed by atoms with Gasteiger partial charge in [0.2, 0.25) is 0 Å². The van der Waals surface area contributed by atoms with Gasteiger partial charge in [-0.2, -0.15) is 0 Å². The molecule has 1 aromatic heterocycles. The zero-order valence-electron chi connectivity index (χ0n) is 7.00. The van der Waals surface area contributed by atoms with E-state index in [4.69, 9.17) is 0 Å². The average Bonchev–Trinajstić information content (AvgIpc) is 2.48. The molecule has 0 fully saturated rings. The minimum Gasteiger partial charge on any atom is -0.544 e. The Morgan fingerprint density at radius 1 is 1.67 bits per heavy atom. The van der Waals surface area contributed by atoms with Crippen molar-refractivity contribution in [1.82, 2.24) is 0 Å². The molecule has 0 saturated heterocycles. The highest BCUT2D eigenvalue weighted by Gasteiger charge is 2.03. The summed E-state index contributed by atoms with van der Waals surface area (Å²) in [6.07, 6.45) is 2.97. The lowest BCUT2D eigenvalue weighted by Crippen LogP contribution is -2.22. The molecule has 0 bridgehead atoms. The van der Waals surface area contributed by atoms with Crippen molar-refractivity contribution in [1.29, 1.82) is 0 Å². The summed E-state index contributed by atoms with van der Waals surface area (Å²) in [5.41, 5.74) is 0.918. The Bertz CT molecular complexity index is 265. The summed E-state index contributed by atoms with van der Waals surface area (Å²) in [5.74, 6) is -1.05. The number of unbranched alkanes of at least 4 members (excludes halogenated alkanes) is 1. The predicted octanol–water partition coefficient (Wildman–Crippen LogP) is 1.45. The number of hydrogen-bond acceptors (Lipinski definition) is 3. The van der Waals surface area contributed by atoms with E-state index in [0.29, 0.717) is 4.88 Å². The topological polar surface area (TPSA) is 40.1 Å². The molecule has 2 nitrogen and oxygen atoms in total. The molecular formula is C9H11O2S-. The maximum atomic E-state index is 10.5. The number of rotatable bonds is 4. The van der Waals surface area contributed by atoms with Crippen molar-refractivity contribution in [3.05, 3.63) is 21.9 Å². The first kappa shape index (κ1) is 9.26. The minimum absolute atomic E-state index is 0.392. The monoisotopic (exact) mass is 183 g/mol. The second-order valence-corrected chi connectivity index (χ2v) is 3.58. The van der Waals surface area contributed by atoms with Gasteiger partial charge in [0.25, 0.3) is 0 Å². The summed E-state index contributed by atoms with van der Waals surface area (Å²) in [6, 6.07) is 1.87. The Balaban J connectivity index is 2.70. The fourth-order valence-electron chi connectivity index (χ4n) is 1.08. The number of hydrogen-bond donors (Lipinski definition) is 0. The standard InChI is InChI=1S/C9H12O2S/c1-2-3-4-7-5-6-12-8(7)9(10)11/h5-6H,2-4H2,1H3,(H,10,11)/p-1. The molecule has 0 amide bonds. The minimum atomic E-state index is -1.05. The van der Waals surface area contributed by atoms with E-state index in [1.165, 1.54) is 11.3 Å². The molecule has 1 heterocycles. The van der Waals surface area contributed by atoms with Crippen molar-refractivity contribution in [2.75, 3.05) is 0 Å². The molecule has 0 saturated carbocycles. The largest absolute Gasteiger partial charge is 0.544 e. The van der Waals surface area contributed by atoms with E-state index in [-0.39, 0.29) is 0 Å². The number of thiophene rings is 1. The first-order valence-electron chi connectivity index (χ1n) is 4.03. The van der Waals surface area contributed by atoms with Crippen LogP contribution in [0.5, 0.6) is 0 Å². The van der Waals surface area contributed by atoms with Crippen LogP contribution in [0, 0.1) is 0 Å². The molecule has 0 aliphatic carbocycles. The molecule has 66 valence electrons. The predicted molar refractivity (Wildman–Crippen MR) is 47.3 cm³/mol. The lowest BCUT2D eigenvalue weighted by Gasteiger charge is -2.02. The summed E-state index contributed by atoms with van der Waals surface area (Å²) in [7, 11) is 0. The van der Waals surface area contributed by atoms with Crippen LogP contribution in [0.15, 0.2) is 11.4 Å². The van der Waals surface area contributed by atoms with Gasteiger partial charge < -0.3 is 9.90 Å². The van der Waals surface area contributed by atoms with E-state index in [9.17, 15) is 9.90 Å². The quantitative estimate of drug-likeness (QED) is 0.709. The Morgan fingerprint density at radius 2 is 2.42 bits per heavy atom. The van der Waals surface area contributed by atoms with Crippen molar-refractivity contribution in [3.63, 3.8) is 0 Å². The molecule has 0 unspecified atom stereocenters. The van der Waals surface area contributed by atoms with Crippen LogP contribution in [0.25, 0.3) is 0 Å². The maximum Gasteiger partial charge on any atom is 0.0818 e. The first-order chi connectivity index (χ1) is 5.75. The second-order valence-electron chi connectivity index (χ2n) is 2.67. The zero-order chi connectivity index (χ0) is 8.97. The van der Waals surface area contributed by atoms with Gasteiger partial charge in [0.05, 0.1) is 10.8 Å². The van der Waals surface area contributed by atoms with Crippen LogP contribution in [0.4, 0.5) is 0 Å². The number of carboxylic acid groups (broad SMARTS) is 1. The number of aromatic carboxylic acids is 1. The van der Waals surface area contributed by atoms with Crippen LogP contribution < -0.4 is 5.11 Å². The highest BCUT2D eigenvalue weighted by Crippen LogP contribution is 2.17. The van der Waals surface area contributed by atoms with E-state index < -0.39 is 5.97 Å². The first-order valence-corrected chi connectivity index (χ1v) is 4.91. The normalized spacial score (nSPS) is 10.1. The summed E-state index contributed by atoms with van der Waals surface area (Å²) in [6.45, 7) is 2.09. The molecule has 1 aromatic rings. The molecule has 0 radical (unpaired) electrons. The molecule has 0 aromatic carbocycles.